The average molecular weight is 638 g/mol. The van der Waals surface area contributed by atoms with E-state index in [1.165, 1.54) is 38.2 Å². The smallest absolute Gasteiger partial charge is 0.199 e. The van der Waals surface area contributed by atoms with E-state index in [4.69, 9.17) is 9.72 Å². The fourth-order valence-electron chi connectivity index (χ4n) is 7.43. The number of aryl methyl sites for hydroxylation is 2. The SMILES string of the molecule is COc1ccc2[nH]c3c(C)c4ccnc(NCCCN(C)CCCNc5ccc6ncn7c8ccccc8c(=O)c5c67)c4c(C)c3c2c1. The molecule has 0 bridgehead atoms. The molecule has 3 N–H and O–H groups in total. The van der Waals surface area contributed by atoms with Gasteiger partial charge in [-0.2, -0.15) is 0 Å². The van der Waals surface area contributed by atoms with Crippen molar-refractivity contribution in [3.63, 3.8) is 0 Å². The second-order valence-electron chi connectivity index (χ2n) is 12.8. The van der Waals surface area contributed by atoms with E-state index in [1.807, 2.05) is 59.4 Å². The highest BCUT2D eigenvalue weighted by Gasteiger charge is 2.18. The molecule has 0 fully saturated rings. The van der Waals surface area contributed by atoms with Gasteiger partial charge in [0.25, 0.3) is 0 Å². The Labute approximate surface area is 277 Å². The summed E-state index contributed by atoms with van der Waals surface area (Å²) in [5, 5.41) is 13.4. The van der Waals surface area contributed by atoms with Gasteiger partial charge < -0.3 is 25.3 Å². The Hall–Kier alpha value is -5.41. The van der Waals surface area contributed by atoms with Gasteiger partial charge in [-0.05, 0) is 112 Å². The third-order valence-electron chi connectivity index (χ3n) is 9.87. The molecule has 0 amide bonds. The van der Waals surface area contributed by atoms with E-state index in [2.05, 4.69) is 64.6 Å². The second kappa shape index (κ2) is 12.0. The zero-order chi connectivity index (χ0) is 32.9. The first-order valence-corrected chi connectivity index (χ1v) is 16.6. The normalized spacial score (nSPS) is 12.1. The monoisotopic (exact) mass is 637 g/mol. The van der Waals surface area contributed by atoms with Crippen molar-refractivity contribution in [2.75, 3.05) is 51.0 Å². The van der Waals surface area contributed by atoms with Gasteiger partial charge in [0.05, 0.1) is 34.6 Å². The van der Waals surface area contributed by atoms with Crippen LogP contribution in [0.15, 0.2) is 78.0 Å². The fourth-order valence-corrected chi connectivity index (χ4v) is 7.43. The molecule has 9 heteroatoms. The molecule has 242 valence electrons. The Bertz CT molecular complexity index is 2530. The molecule has 0 radical (unpaired) electrons. The number of aromatic nitrogens is 4. The number of benzene rings is 4. The van der Waals surface area contributed by atoms with E-state index in [0.717, 1.165) is 78.3 Å². The minimum absolute atomic E-state index is 0.0495. The van der Waals surface area contributed by atoms with Crippen molar-refractivity contribution in [1.29, 1.82) is 0 Å². The summed E-state index contributed by atoms with van der Waals surface area (Å²) in [5.41, 5.74) is 8.24. The zero-order valence-electron chi connectivity index (χ0n) is 27.8. The van der Waals surface area contributed by atoms with Gasteiger partial charge >= 0.3 is 0 Å². The maximum absolute atomic E-state index is 13.5. The number of pyridine rings is 2. The van der Waals surface area contributed by atoms with Gasteiger partial charge in [0, 0.05) is 52.0 Å². The maximum atomic E-state index is 13.5. The number of hydrogen-bond acceptors (Lipinski definition) is 7. The molecule has 0 aliphatic carbocycles. The van der Waals surface area contributed by atoms with Crippen LogP contribution in [0.3, 0.4) is 0 Å². The van der Waals surface area contributed by atoms with Gasteiger partial charge in [-0.15, -0.1) is 0 Å². The van der Waals surface area contributed by atoms with Crippen LogP contribution in [-0.4, -0.2) is 64.6 Å². The van der Waals surface area contributed by atoms with Crippen LogP contribution in [-0.2, 0) is 0 Å². The molecule has 0 saturated carbocycles. The van der Waals surface area contributed by atoms with E-state index in [9.17, 15) is 4.79 Å². The molecule has 0 aliphatic rings. The van der Waals surface area contributed by atoms with E-state index >= 15 is 0 Å². The number of aromatic amines is 1. The number of imidazole rings is 1. The van der Waals surface area contributed by atoms with Crippen molar-refractivity contribution < 1.29 is 4.74 Å². The topological polar surface area (TPSA) is 99.6 Å². The molecule has 8 rings (SSSR count). The number of H-pyrrole nitrogens is 1. The third kappa shape index (κ3) is 4.85. The summed E-state index contributed by atoms with van der Waals surface area (Å²) in [6.07, 6.45) is 5.66. The first kappa shape index (κ1) is 30.0. The standard InChI is InChI=1S/C39H39N7O2/c1-23-26-15-18-42-39(34(26)24(2)33-28-21-25(48-4)11-12-29(28)44-36(23)33)41-17-8-20-45(3)19-7-16-40-30-13-14-31-37-35(30)38(47)27-9-5-6-10-32(27)46(37)22-43-31/h5-6,9-15,18,21-22,40,44H,7-8,16-17,19-20H2,1-4H3,(H,41,42). The minimum Gasteiger partial charge on any atom is -0.497 e. The average Bonchev–Trinajstić information content (AvgIpc) is 3.72. The summed E-state index contributed by atoms with van der Waals surface area (Å²) < 4.78 is 7.57. The maximum Gasteiger partial charge on any atom is 0.199 e. The number of hydrogen-bond donors (Lipinski definition) is 3. The van der Waals surface area contributed by atoms with Gasteiger partial charge in [0.1, 0.15) is 17.9 Å². The van der Waals surface area contributed by atoms with E-state index in [-0.39, 0.29) is 5.43 Å². The Morgan fingerprint density at radius 3 is 2.50 bits per heavy atom. The molecule has 0 unspecified atom stereocenters. The van der Waals surface area contributed by atoms with Crippen LogP contribution in [0.2, 0.25) is 0 Å². The molecule has 48 heavy (non-hydrogen) atoms. The number of anilines is 2. The lowest BCUT2D eigenvalue weighted by atomic mass is 9.96. The van der Waals surface area contributed by atoms with Crippen LogP contribution in [0, 0.1) is 13.8 Å². The Balaban J connectivity index is 0.910. The van der Waals surface area contributed by atoms with Crippen molar-refractivity contribution in [3.05, 3.63) is 94.5 Å². The van der Waals surface area contributed by atoms with Gasteiger partial charge in [0.2, 0.25) is 0 Å². The lowest BCUT2D eigenvalue weighted by molar-refractivity contribution is 0.331. The lowest BCUT2D eigenvalue weighted by Crippen LogP contribution is -2.24. The summed E-state index contributed by atoms with van der Waals surface area (Å²) in [5.74, 6) is 1.78. The Morgan fingerprint density at radius 1 is 0.854 bits per heavy atom. The minimum atomic E-state index is 0.0495. The number of methoxy groups -OCH3 is 1. The van der Waals surface area contributed by atoms with Gasteiger partial charge in [-0.1, -0.05) is 12.1 Å². The van der Waals surface area contributed by atoms with Crippen molar-refractivity contribution in [1.82, 2.24) is 24.3 Å². The molecular weight excluding hydrogens is 598 g/mol. The number of para-hydroxylation sites is 1. The van der Waals surface area contributed by atoms with E-state index in [0.29, 0.717) is 10.8 Å². The quantitative estimate of drug-likeness (QED) is 0.0999. The molecule has 0 atom stereocenters. The second-order valence-corrected chi connectivity index (χ2v) is 12.8. The van der Waals surface area contributed by atoms with E-state index < -0.39 is 0 Å². The van der Waals surface area contributed by atoms with Crippen LogP contribution in [0.4, 0.5) is 11.5 Å². The Morgan fingerprint density at radius 2 is 1.67 bits per heavy atom. The number of ether oxygens (including phenoxy) is 1. The van der Waals surface area contributed by atoms with Crippen LogP contribution < -0.4 is 20.8 Å². The van der Waals surface area contributed by atoms with Crippen LogP contribution in [0.25, 0.3) is 59.9 Å². The zero-order valence-corrected chi connectivity index (χ0v) is 27.8. The van der Waals surface area contributed by atoms with Crippen molar-refractivity contribution in [2.24, 2.45) is 0 Å². The number of rotatable bonds is 11. The number of fused-ring (bicyclic) bond motifs is 6. The predicted molar refractivity (Wildman–Crippen MR) is 199 cm³/mol. The Kier molecular flexibility index (Phi) is 7.48. The van der Waals surface area contributed by atoms with Crippen molar-refractivity contribution in [3.8, 4) is 5.75 Å². The highest BCUT2D eigenvalue weighted by atomic mass is 16.5. The predicted octanol–water partition coefficient (Wildman–Crippen LogP) is 7.48. The summed E-state index contributed by atoms with van der Waals surface area (Å²) in [7, 11) is 3.88. The molecule has 4 aromatic heterocycles. The molecule has 0 saturated heterocycles. The summed E-state index contributed by atoms with van der Waals surface area (Å²) in [6, 6.07) is 20.0. The fraction of sp³-hybridized carbons (Fsp3) is 0.256. The first-order chi connectivity index (χ1) is 23.4. The molecule has 4 aromatic carbocycles. The molecule has 8 aromatic rings. The van der Waals surface area contributed by atoms with Gasteiger partial charge in [0.15, 0.2) is 5.43 Å². The molecule has 0 aliphatic heterocycles. The summed E-state index contributed by atoms with van der Waals surface area (Å²) in [6.45, 7) is 7.90. The largest absolute Gasteiger partial charge is 0.497 e. The van der Waals surface area contributed by atoms with Gasteiger partial charge in [-0.25, -0.2) is 9.97 Å². The highest BCUT2D eigenvalue weighted by molar-refractivity contribution is 6.18. The third-order valence-corrected chi connectivity index (χ3v) is 9.87. The summed E-state index contributed by atoms with van der Waals surface area (Å²) in [4.78, 5) is 28.9. The lowest BCUT2D eigenvalue weighted by Gasteiger charge is -2.18. The number of nitrogens with zero attached hydrogens (tertiary/aromatic N) is 4. The van der Waals surface area contributed by atoms with Crippen molar-refractivity contribution in [2.45, 2.75) is 26.7 Å². The van der Waals surface area contributed by atoms with Crippen LogP contribution in [0.1, 0.15) is 24.0 Å². The molecule has 4 heterocycles. The van der Waals surface area contributed by atoms with Crippen molar-refractivity contribution >= 4 is 71.4 Å². The molecule has 0 spiro atoms. The van der Waals surface area contributed by atoms with Crippen LogP contribution >= 0.6 is 0 Å². The highest BCUT2D eigenvalue weighted by Crippen LogP contribution is 2.39. The van der Waals surface area contributed by atoms with E-state index in [1.54, 1.807) is 7.11 Å². The van der Waals surface area contributed by atoms with Crippen LogP contribution in [0.5, 0.6) is 5.75 Å². The molecule has 9 nitrogen and oxygen atoms in total. The molecular formula is C39H39N7O2. The first-order valence-electron chi connectivity index (χ1n) is 16.6. The van der Waals surface area contributed by atoms with Gasteiger partial charge in [-0.3, -0.25) is 9.20 Å². The number of nitrogens with one attached hydrogen (secondary N) is 3. The summed E-state index contributed by atoms with van der Waals surface area (Å²) >= 11 is 0.